The molecule has 1 unspecified atom stereocenters. The van der Waals surface area contributed by atoms with Crippen LogP contribution < -0.4 is 19.8 Å². The van der Waals surface area contributed by atoms with Crippen molar-refractivity contribution in [3.8, 4) is 28.4 Å². The number of ether oxygens (including phenoxy) is 2. The van der Waals surface area contributed by atoms with E-state index in [0.717, 1.165) is 22.8 Å². The highest BCUT2D eigenvalue weighted by atomic mass is 32.2. The fourth-order valence-electron chi connectivity index (χ4n) is 3.02. The fraction of sp³-hybridized carbons (Fsp3) is 0.190. The summed E-state index contributed by atoms with van der Waals surface area (Å²) in [6.07, 6.45) is 1.66. The second-order valence-electron chi connectivity index (χ2n) is 6.79. The highest BCUT2D eigenvalue weighted by molar-refractivity contribution is 7.77. The first-order chi connectivity index (χ1) is 15.6. The third kappa shape index (κ3) is 6.40. The Morgan fingerprint density at radius 2 is 1.82 bits per heavy atom. The Morgan fingerprint density at radius 1 is 1.09 bits per heavy atom. The van der Waals surface area contributed by atoms with Crippen molar-refractivity contribution in [2.45, 2.75) is 13.0 Å². The van der Waals surface area contributed by atoms with Gasteiger partial charge < -0.3 is 14.0 Å². The Kier molecular flexibility index (Phi) is 7.84. The van der Waals surface area contributed by atoms with E-state index in [1.807, 2.05) is 0 Å². The van der Waals surface area contributed by atoms with E-state index in [1.165, 1.54) is 19.3 Å². The van der Waals surface area contributed by atoms with E-state index in [2.05, 4.69) is 9.46 Å². The van der Waals surface area contributed by atoms with Gasteiger partial charge in [0, 0.05) is 37.0 Å². The first-order valence-corrected chi connectivity index (χ1v) is 10.5. The lowest BCUT2D eigenvalue weighted by molar-refractivity contribution is -0.0510. The standard InChI is InChI=1S/C21H18F4N2O5S/c1-27-11-13(9-19(20(27)28)32-21(24)25)15-8-12(6-7-26-33(29)30)2-4-17(15)31-18-5-3-14(22)10-16(18)23/h2-5,8-11,21,26H,6-7H2,1H3,(H,29,30). The normalized spacial score (nSPS) is 12.1. The van der Waals surface area contributed by atoms with Crippen LogP contribution in [-0.4, -0.2) is 26.5 Å². The van der Waals surface area contributed by atoms with Gasteiger partial charge in [0.2, 0.25) is 11.3 Å². The Bertz CT molecular complexity index is 1240. The van der Waals surface area contributed by atoms with Gasteiger partial charge in [0.1, 0.15) is 11.6 Å². The van der Waals surface area contributed by atoms with Crippen molar-refractivity contribution in [2.24, 2.45) is 7.05 Å². The molecule has 0 saturated heterocycles. The molecule has 0 amide bonds. The molecular formula is C21H18F4N2O5S. The SMILES string of the molecule is Cn1cc(-c2cc(CCNS(=O)O)ccc2Oc2ccc(F)cc2F)cc(OC(F)F)c1=O. The number of rotatable bonds is 9. The fourth-order valence-corrected chi connectivity index (χ4v) is 3.29. The molecule has 0 radical (unpaired) electrons. The molecule has 2 N–H and O–H groups in total. The van der Waals surface area contributed by atoms with E-state index in [1.54, 1.807) is 12.1 Å². The minimum Gasteiger partial charge on any atom is -0.454 e. The third-order valence-corrected chi connectivity index (χ3v) is 4.93. The molecule has 3 aromatic rings. The van der Waals surface area contributed by atoms with Crippen molar-refractivity contribution < 1.29 is 35.8 Å². The first kappa shape index (κ1) is 24.4. The van der Waals surface area contributed by atoms with Crippen LogP contribution in [-0.2, 0) is 24.7 Å². The van der Waals surface area contributed by atoms with Gasteiger partial charge in [-0.1, -0.05) is 6.07 Å². The zero-order chi connectivity index (χ0) is 24.1. The molecule has 176 valence electrons. The Morgan fingerprint density at radius 3 is 2.48 bits per heavy atom. The second kappa shape index (κ2) is 10.6. The summed E-state index contributed by atoms with van der Waals surface area (Å²) in [5.74, 6) is -2.55. The summed E-state index contributed by atoms with van der Waals surface area (Å²) in [6.45, 7) is -3.09. The number of aryl methyl sites for hydroxylation is 1. The molecule has 2 aromatic carbocycles. The predicted octanol–water partition coefficient (Wildman–Crippen LogP) is 3.99. The molecule has 1 heterocycles. The number of benzene rings is 2. The molecule has 1 aromatic heterocycles. The highest BCUT2D eigenvalue weighted by Gasteiger charge is 2.17. The summed E-state index contributed by atoms with van der Waals surface area (Å²) in [4.78, 5) is 12.1. The number of pyridine rings is 1. The number of hydrogen-bond acceptors (Lipinski definition) is 4. The zero-order valence-corrected chi connectivity index (χ0v) is 17.9. The molecule has 0 aliphatic heterocycles. The van der Waals surface area contributed by atoms with Crippen LogP contribution in [0, 0.1) is 11.6 Å². The molecule has 0 fully saturated rings. The van der Waals surface area contributed by atoms with Crippen molar-refractivity contribution in [3.63, 3.8) is 0 Å². The van der Waals surface area contributed by atoms with Gasteiger partial charge in [0.25, 0.3) is 5.56 Å². The van der Waals surface area contributed by atoms with Crippen LogP contribution in [0.2, 0.25) is 0 Å². The lowest BCUT2D eigenvalue weighted by atomic mass is 10.0. The number of aromatic nitrogens is 1. The highest BCUT2D eigenvalue weighted by Crippen LogP contribution is 2.36. The minimum absolute atomic E-state index is 0.0876. The summed E-state index contributed by atoms with van der Waals surface area (Å²) < 4.78 is 85.9. The molecular weight excluding hydrogens is 468 g/mol. The average Bonchev–Trinajstić information content (AvgIpc) is 2.73. The molecule has 0 aliphatic carbocycles. The lowest BCUT2D eigenvalue weighted by Gasteiger charge is -2.16. The summed E-state index contributed by atoms with van der Waals surface area (Å²) in [6, 6.07) is 8.52. The topological polar surface area (TPSA) is 89.8 Å². The van der Waals surface area contributed by atoms with Crippen LogP contribution in [0.4, 0.5) is 17.6 Å². The minimum atomic E-state index is -3.23. The van der Waals surface area contributed by atoms with Crippen LogP contribution in [0.15, 0.2) is 53.5 Å². The van der Waals surface area contributed by atoms with Crippen molar-refractivity contribution in [1.82, 2.24) is 9.29 Å². The van der Waals surface area contributed by atoms with E-state index in [0.29, 0.717) is 18.1 Å². The molecule has 1 atom stereocenters. The van der Waals surface area contributed by atoms with Crippen LogP contribution in [0.3, 0.4) is 0 Å². The molecule has 7 nitrogen and oxygen atoms in total. The molecule has 12 heteroatoms. The third-order valence-electron chi connectivity index (χ3n) is 4.47. The summed E-state index contributed by atoms with van der Waals surface area (Å²) in [5.41, 5.74) is 0.388. The van der Waals surface area contributed by atoms with Crippen LogP contribution in [0.25, 0.3) is 11.1 Å². The number of alkyl halides is 2. The maximum atomic E-state index is 14.1. The number of hydrogen-bond donors (Lipinski definition) is 2. The molecule has 3 rings (SSSR count). The van der Waals surface area contributed by atoms with Gasteiger partial charge in [-0.2, -0.15) is 8.78 Å². The molecule has 0 aliphatic rings. The summed E-state index contributed by atoms with van der Waals surface area (Å²) in [7, 11) is 1.34. The van der Waals surface area contributed by atoms with Crippen LogP contribution in [0.5, 0.6) is 17.2 Å². The molecule has 33 heavy (non-hydrogen) atoms. The Balaban J connectivity index is 2.08. The van der Waals surface area contributed by atoms with Crippen molar-refractivity contribution >= 4 is 11.3 Å². The largest absolute Gasteiger partial charge is 0.454 e. The molecule has 0 saturated carbocycles. The van der Waals surface area contributed by atoms with Crippen molar-refractivity contribution in [2.75, 3.05) is 6.54 Å². The van der Waals surface area contributed by atoms with E-state index < -0.39 is 40.8 Å². The van der Waals surface area contributed by atoms with Gasteiger partial charge in [0.05, 0.1) is 0 Å². The van der Waals surface area contributed by atoms with Gasteiger partial charge in [-0.05, 0) is 42.3 Å². The van der Waals surface area contributed by atoms with Crippen molar-refractivity contribution in [1.29, 1.82) is 0 Å². The van der Waals surface area contributed by atoms with E-state index in [-0.39, 0.29) is 29.2 Å². The number of nitrogens with one attached hydrogen (secondary N) is 1. The smallest absolute Gasteiger partial charge is 0.387 e. The predicted molar refractivity (Wildman–Crippen MR) is 113 cm³/mol. The molecule has 0 bridgehead atoms. The maximum absolute atomic E-state index is 14.1. The van der Waals surface area contributed by atoms with Gasteiger partial charge in [-0.3, -0.25) is 9.35 Å². The van der Waals surface area contributed by atoms with E-state index >= 15 is 0 Å². The lowest BCUT2D eigenvalue weighted by Crippen LogP contribution is -2.20. The van der Waals surface area contributed by atoms with Gasteiger partial charge >= 0.3 is 6.61 Å². The first-order valence-electron chi connectivity index (χ1n) is 9.40. The Hall–Kier alpha value is -3.22. The van der Waals surface area contributed by atoms with Gasteiger partial charge in [-0.15, -0.1) is 0 Å². The zero-order valence-electron chi connectivity index (χ0n) is 17.1. The maximum Gasteiger partial charge on any atom is 0.387 e. The summed E-state index contributed by atoms with van der Waals surface area (Å²) >= 11 is -2.20. The number of nitrogens with zero attached hydrogens (tertiary/aromatic N) is 1. The average molecular weight is 486 g/mol. The van der Waals surface area contributed by atoms with Crippen LogP contribution in [0.1, 0.15) is 5.56 Å². The monoisotopic (exact) mass is 486 g/mol. The Labute approximate surface area is 188 Å². The van der Waals surface area contributed by atoms with E-state index in [4.69, 9.17) is 9.29 Å². The summed E-state index contributed by atoms with van der Waals surface area (Å²) in [5, 5.41) is 0. The second-order valence-corrected chi connectivity index (χ2v) is 7.58. The van der Waals surface area contributed by atoms with Gasteiger partial charge in [-0.25, -0.2) is 17.7 Å². The van der Waals surface area contributed by atoms with E-state index in [9.17, 15) is 26.6 Å². The van der Waals surface area contributed by atoms with Crippen LogP contribution >= 0.6 is 0 Å². The quantitative estimate of drug-likeness (QED) is 0.353. The number of halogens is 4. The van der Waals surface area contributed by atoms with Gasteiger partial charge in [0.15, 0.2) is 17.3 Å². The van der Waals surface area contributed by atoms with Crippen molar-refractivity contribution in [3.05, 3.63) is 76.2 Å². The molecule has 0 spiro atoms.